The first-order valence-corrected chi connectivity index (χ1v) is 13.2. The van der Waals surface area contributed by atoms with Crippen molar-refractivity contribution in [3.8, 4) is 5.75 Å². The molecule has 0 fully saturated rings. The van der Waals surface area contributed by atoms with Crippen molar-refractivity contribution in [3.05, 3.63) is 113 Å². The number of nitrogens with one attached hydrogen (secondary N) is 1. The maximum atomic E-state index is 13.8. The fourth-order valence-electron chi connectivity index (χ4n) is 4.70. The zero-order valence-electron chi connectivity index (χ0n) is 22.6. The quantitative estimate of drug-likeness (QED) is 0.210. The van der Waals surface area contributed by atoms with E-state index in [2.05, 4.69) is 43.4 Å². The number of esters is 1. The SMILES string of the molecule is COC(=O)CCc1ccc(COc2ccc(F)cc2)cc1C(=O)NC(CC(C)C)c1cccc2ccccc12. The molecule has 0 radical (unpaired) electrons. The molecule has 0 aliphatic heterocycles. The highest BCUT2D eigenvalue weighted by molar-refractivity contribution is 5.97. The highest BCUT2D eigenvalue weighted by Crippen LogP contribution is 2.29. The van der Waals surface area contributed by atoms with Crippen LogP contribution < -0.4 is 10.1 Å². The number of rotatable bonds is 11. The van der Waals surface area contributed by atoms with Gasteiger partial charge < -0.3 is 14.8 Å². The molecular formula is C33H34FNO4. The maximum Gasteiger partial charge on any atom is 0.305 e. The number of methoxy groups -OCH3 is 1. The average Bonchev–Trinajstić information content (AvgIpc) is 2.94. The van der Waals surface area contributed by atoms with Gasteiger partial charge in [-0.05, 0) is 76.6 Å². The van der Waals surface area contributed by atoms with E-state index >= 15 is 0 Å². The number of aryl methyl sites for hydroxylation is 1. The molecule has 0 aromatic heterocycles. The van der Waals surface area contributed by atoms with Crippen LogP contribution >= 0.6 is 0 Å². The molecule has 1 atom stereocenters. The van der Waals surface area contributed by atoms with Gasteiger partial charge in [-0.2, -0.15) is 0 Å². The topological polar surface area (TPSA) is 64.6 Å². The number of ether oxygens (including phenoxy) is 2. The molecular weight excluding hydrogens is 493 g/mol. The molecule has 0 saturated heterocycles. The molecule has 4 aromatic rings. The molecule has 6 heteroatoms. The predicted octanol–water partition coefficient (Wildman–Crippen LogP) is 7.18. The van der Waals surface area contributed by atoms with Gasteiger partial charge in [-0.1, -0.05) is 68.4 Å². The Morgan fingerprint density at radius 1 is 0.923 bits per heavy atom. The van der Waals surface area contributed by atoms with Gasteiger partial charge in [0.15, 0.2) is 0 Å². The Morgan fingerprint density at radius 2 is 1.67 bits per heavy atom. The van der Waals surface area contributed by atoms with Crippen molar-refractivity contribution >= 4 is 22.6 Å². The Hall–Kier alpha value is -4.19. The predicted molar refractivity (Wildman–Crippen MR) is 151 cm³/mol. The van der Waals surface area contributed by atoms with Crippen molar-refractivity contribution in [1.82, 2.24) is 5.32 Å². The van der Waals surface area contributed by atoms with E-state index in [1.165, 1.54) is 19.2 Å². The third-order valence-corrected chi connectivity index (χ3v) is 6.68. The third-order valence-electron chi connectivity index (χ3n) is 6.68. The molecule has 0 saturated carbocycles. The second-order valence-corrected chi connectivity index (χ2v) is 10.0. The summed E-state index contributed by atoms with van der Waals surface area (Å²) in [5.41, 5.74) is 3.11. The molecule has 1 N–H and O–H groups in total. The number of carbonyl (C=O) groups excluding carboxylic acids is 2. The lowest BCUT2D eigenvalue weighted by atomic mass is 9.92. The summed E-state index contributed by atoms with van der Waals surface area (Å²) in [4.78, 5) is 25.7. The van der Waals surface area contributed by atoms with E-state index in [1.54, 1.807) is 18.2 Å². The zero-order chi connectivity index (χ0) is 27.8. The highest BCUT2D eigenvalue weighted by atomic mass is 19.1. The molecule has 202 valence electrons. The lowest BCUT2D eigenvalue weighted by Gasteiger charge is -2.24. The van der Waals surface area contributed by atoms with Gasteiger partial charge in [0.1, 0.15) is 18.2 Å². The Morgan fingerprint density at radius 3 is 2.41 bits per heavy atom. The largest absolute Gasteiger partial charge is 0.489 e. The summed E-state index contributed by atoms with van der Waals surface area (Å²) in [6.45, 7) is 4.49. The van der Waals surface area contributed by atoms with Crippen LogP contribution in [0.3, 0.4) is 0 Å². The van der Waals surface area contributed by atoms with Gasteiger partial charge in [0.05, 0.1) is 13.2 Å². The molecule has 1 amide bonds. The second-order valence-electron chi connectivity index (χ2n) is 10.0. The number of amides is 1. The van der Waals surface area contributed by atoms with Gasteiger partial charge >= 0.3 is 5.97 Å². The molecule has 4 rings (SSSR count). The monoisotopic (exact) mass is 527 g/mol. The van der Waals surface area contributed by atoms with E-state index in [-0.39, 0.29) is 36.8 Å². The van der Waals surface area contributed by atoms with Gasteiger partial charge in [-0.3, -0.25) is 9.59 Å². The number of fused-ring (bicyclic) bond motifs is 1. The summed E-state index contributed by atoms with van der Waals surface area (Å²) >= 11 is 0. The van der Waals surface area contributed by atoms with Crippen molar-refractivity contribution in [1.29, 1.82) is 0 Å². The molecule has 0 bridgehead atoms. The van der Waals surface area contributed by atoms with E-state index in [0.717, 1.165) is 33.9 Å². The summed E-state index contributed by atoms with van der Waals surface area (Å²) in [6, 6.07) is 25.5. The first kappa shape index (κ1) is 27.8. The Balaban J connectivity index is 1.63. The van der Waals surface area contributed by atoms with E-state index in [1.807, 2.05) is 30.3 Å². The van der Waals surface area contributed by atoms with Crippen LogP contribution in [0, 0.1) is 11.7 Å². The van der Waals surface area contributed by atoms with Gasteiger partial charge in [-0.25, -0.2) is 4.39 Å². The van der Waals surface area contributed by atoms with Gasteiger partial charge in [0.2, 0.25) is 0 Å². The summed E-state index contributed by atoms with van der Waals surface area (Å²) < 4.78 is 23.9. The minimum absolute atomic E-state index is 0.168. The van der Waals surface area contributed by atoms with E-state index in [4.69, 9.17) is 9.47 Å². The first-order valence-electron chi connectivity index (χ1n) is 13.2. The molecule has 5 nitrogen and oxygen atoms in total. The number of hydrogen-bond acceptors (Lipinski definition) is 4. The molecule has 0 aliphatic rings. The molecule has 0 heterocycles. The second kappa shape index (κ2) is 13.1. The van der Waals surface area contributed by atoms with E-state index in [0.29, 0.717) is 23.7 Å². The summed E-state index contributed by atoms with van der Waals surface area (Å²) in [5, 5.41) is 5.52. The van der Waals surface area contributed by atoms with Crippen molar-refractivity contribution < 1.29 is 23.5 Å². The van der Waals surface area contributed by atoms with Crippen LogP contribution in [-0.4, -0.2) is 19.0 Å². The van der Waals surface area contributed by atoms with Crippen LogP contribution in [0.2, 0.25) is 0 Å². The van der Waals surface area contributed by atoms with Crippen molar-refractivity contribution in [2.45, 2.75) is 45.8 Å². The summed E-state index contributed by atoms with van der Waals surface area (Å²) in [7, 11) is 1.35. The Bertz CT molecular complexity index is 1430. The van der Waals surface area contributed by atoms with E-state index in [9.17, 15) is 14.0 Å². The summed E-state index contributed by atoms with van der Waals surface area (Å²) in [6.07, 6.45) is 1.31. The fraction of sp³-hybridized carbons (Fsp3) is 0.273. The molecule has 0 aliphatic carbocycles. The van der Waals surface area contributed by atoms with Crippen LogP contribution in [0.25, 0.3) is 10.8 Å². The smallest absolute Gasteiger partial charge is 0.305 e. The van der Waals surface area contributed by atoms with Crippen molar-refractivity contribution in [3.63, 3.8) is 0 Å². The van der Waals surface area contributed by atoms with Crippen molar-refractivity contribution in [2.24, 2.45) is 5.92 Å². The fourth-order valence-corrected chi connectivity index (χ4v) is 4.70. The van der Waals surface area contributed by atoms with Crippen molar-refractivity contribution in [2.75, 3.05) is 7.11 Å². The summed E-state index contributed by atoms with van der Waals surface area (Å²) in [5.74, 6) is 0.00245. The lowest BCUT2D eigenvalue weighted by molar-refractivity contribution is -0.140. The number of carbonyl (C=O) groups is 2. The van der Waals surface area contributed by atoms with Gasteiger partial charge in [0, 0.05) is 12.0 Å². The Kier molecular flexibility index (Phi) is 9.31. The first-order chi connectivity index (χ1) is 18.8. The minimum atomic E-state index is -0.335. The number of halogens is 1. The molecule has 0 spiro atoms. The molecule has 39 heavy (non-hydrogen) atoms. The van der Waals surface area contributed by atoms with Gasteiger partial charge in [-0.15, -0.1) is 0 Å². The van der Waals surface area contributed by atoms with Crippen LogP contribution in [-0.2, 0) is 22.6 Å². The Labute approximate surface area is 229 Å². The zero-order valence-corrected chi connectivity index (χ0v) is 22.6. The normalized spacial score (nSPS) is 11.8. The highest BCUT2D eigenvalue weighted by Gasteiger charge is 2.21. The van der Waals surface area contributed by atoms with Crippen LogP contribution in [0.4, 0.5) is 4.39 Å². The van der Waals surface area contributed by atoms with Gasteiger partial charge in [0.25, 0.3) is 5.91 Å². The average molecular weight is 528 g/mol. The number of benzene rings is 4. The van der Waals surface area contributed by atoms with Crippen LogP contribution in [0.5, 0.6) is 5.75 Å². The standard InChI is InChI=1S/C33H34FNO4/c1-22(2)19-31(29-10-6-8-24-7-4-5-9-28(24)29)35-33(37)30-20-23(11-12-25(30)13-18-32(36)38-3)21-39-27-16-14-26(34)15-17-27/h4-12,14-17,20,22,31H,13,18-19,21H2,1-3H3,(H,35,37). The molecule has 4 aromatic carbocycles. The molecule has 1 unspecified atom stereocenters. The van der Waals surface area contributed by atoms with E-state index < -0.39 is 0 Å². The minimum Gasteiger partial charge on any atom is -0.489 e. The number of hydrogen-bond donors (Lipinski definition) is 1. The lowest BCUT2D eigenvalue weighted by Crippen LogP contribution is -2.30. The van der Waals surface area contributed by atoms with Crippen LogP contribution in [0.15, 0.2) is 84.9 Å². The maximum absolute atomic E-state index is 13.8. The third kappa shape index (κ3) is 7.44. The van der Waals surface area contributed by atoms with Crippen LogP contribution in [0.1, 0.15) is 59.8 Å².